The third-order valence-corrected chi connectivity index (χ3v) is 7.24. The summed E-state index contributed by atoms with van der Waals surface area (Å²) in [6.07, 6.45) is 1.05. The third kappa shape index (κ3) is 6.45. The van der Waals surface area contributed by atoms with Crippen molar-refractivity contribution in [1.29, 1.82) is 0 Å². The Morgan fingerprint density at radius 3 is 2.53 bits per heavy atom. The number of nitrogens with one attached hydrogen (secondary N) is 1. The molecule has 8 heteroatoms. The van der Waals surface area contributed by atoms with Gasteiger partial charge in [0.2, 0.25) is 15.9 Å². The van der Waals surface area contributed by atoms with Crippen LogP contribution in [0.4, 0.5) is 0 Å². The first-order valence-electron chi connectivity index (χ1n) is 10.0. The number of aryl methyl sites for hydroxylation is 1. The van der Waals surface area contributed by atoms with Gasteiger partial charge in [-0.3, -0.25) is 4.79 Å². The highest BCUT2D eigenvalue weighted by molar-refractivity contribution is 7.88. The Hall–Kier alpha value is -2.09. The summed E-state index contributed by atoms with van der Waals surface area (Å²) in [5.41, 5.74) is 1.83. The van der Waals surface area contributed by atoms with Gasteiger partial charge in [0, 0.05) is 24.0 Å². The fraction of sp³-hybridized carbons (Fsp3) is 0.409. The van der Waals surface area contributed by atoms with Crippen molar-refractivity contribution in [1.82, 2.24) is 9.62 Å². The van der Waals surface area contributed by atoms with Gasteiger partial charge >= 0.3 is 0 Å². The van der Waals surface area contributed by atoms with Crippen LogP contribution in [0.25, 0.3) is 0 Å². The SMILES string of the molecule is Cc1cccc(CS(=O)(=O)N2CCC(C(=O)NCCOc3ccc(Cl)cc3)CC2)c1. The number of nitrogens with zero attached hydrogens (tertiary/aromatic N) is 1. The van der Waals surface area contributed by atoms with Crippen molar-refractivity contribution in [3.63, 3.8) is 0 Å². The van der Waals surface area contributed by atoms with Gasteiger partial charge in [-0.1, -0.05) is 41.4 Å². The molecule has 1 N–H and O–H groups in total. The van der Waals surface area contributed by atoms with E-state index >= 15 is 0 Å². The highest BCUT2D eigenvalue weighted by atomic mass is 35.5. The van der Waals surface area contributed by atoms with Crippen molar-refractivity contribution in [2.45, 2.75) is 25.5 Å². The number of hydrogen-bond donors (Lipinski definition) is 1. The normalized spacial score (nSPS) is 15.7. The lowest BCUT2D eigenvalue weighted by atomic mass is 9.97. The maximum Gasteiger partial charge on any atom is 0.223 e. The second-order valence-corrected chi connectivity index (χ2v) is 9.92. The predicted octanol–water partition coefficient (Wildman–Crippen LogP) is 3.39. The van der Waals surface area contributed by atoms with Crippen LogP contribution in [-0.4, -0.2) is 44.9 Å². The van der Waals surface area contributed by atoms with Gasteiger partial charge in [0.15, 0.2) is 0 Å². The molecule has 3 rings (SSSR count). The minimum absolute atomic E-state index is 0.00637. The topological polar surface area (TPSA) is 75.7 Å². The summed E-state index contributed by atoms with van der Waals surface area (Å²) >= 11 is 5.83. The number of rotatable bonds is 8. The van der Waals surface area contributed by atoms with Gasteiger partial charge in [-0.25, -0.2) is 12.7 Å². The molecule has 0 spiro atoms. The number of halogens is 1. The summed E-state index contributed by atoms with van der Waals surface area (Å²) < 4.78 is 32.5. The number of hydrogen-bond acceptors (Lipinski definition) is 4. The minimum atomic E-state index is -3.38. The number of amides is 1. The van der Waals surface area contributed by atoms with Gasteiger partial charge in [0.25, 0.3) is 0 Å². The van der Waals surface area contributed by atoms with Gasteiger partial charge in [-0.2, -0.15) is 0 Å². The largest absolute Gasteiger partial charge is 0.492 e. The van der Waals surface area contributed by atoms with E-state index in [0.29, 0.717) is 49.9 Å². The van der Waals surface area contributed by atoms with Crippen molar-refractivity contribution in [2.24, 2.45) is 5.92 Å². The summed E-state index contributed by atoms with van der Waals surface area (Å²) in [5, 5.41) is 3.52. The Kier molecular flexibility index (Phi) is 7.75. The van der Waals surface area contributed by atoms with Gasteiger partial charge in [-0.05, 0) is 49.6 Å². The van der Waals surface area contributed by atoms with E-state index in [4.69, 9.17) is 16.3 Å². The van der Waals surface area contributed by atoms with Crippen molar-refractivity contribution in [3.05, 3.63) is 64.7 Å². The first-order valence-corrected chi connectivity index (χ1v) is 12.0. The molecule has 1 amide bonds. The van der Waals surface area contributed by atoms with Crippen LogP contribution >= 0.6 is 11.6 Å². The summed E-state index contributed by atoms with van der Waals surface area (Å²) in [7, 11) is -3.38. The number of sulfonamides is 1. The molecule has 2 aromatic rings. The van der Waals surface area contributed by atoms with E-state index in [1.165, 1.54) is 4.31 Å². The van der Waals surface area contributed by atoms with Crippen LogP contribution < -0.4 is 10.1 Å². The van der Waals surface area contributed by atoms with E-state index in [2.05, 4.69) is 5.32 Å². The molecule has 0 aliphatic carbocycles. The molecule has 0 aromatic heterocycles. The molecule has 6 nitrogen and oxygen atoms in total. The zero-order valence-corrected chi connectivity index (χ0v) is 18.6. The molecule has 0 bridgehead atoms. The smallest absolute Gasteiger partial charge is 0.223 e. The second-order valence-electron chi connectivity index (χ2n) is 7.51. The van der Waals surface area contributed by atoms with Crippen LogP contribution in [0.5, 0.6) is 5.75 Å². The van der Waals surface area contributed by atoms with Crippen LogP contribution in [0, 0.1) is 12.8 Å². The number of piperidine rings is 1. The average molecular weight is 451 g/mol. The van der Waals surface area contributed by atoms with E-state index in [-0.39, 0.29) is 17.6 Å². The standard InChI is InChI=1S/C22H27ClN2O4S/c1-17-3-2-4-18(15-17)16-30(27,28)25-12-9-19(10-13-25)22(26)24-11-14-29-21-7-5-20(23)6-8-21/h2-8,15,19H,9-14,16H2,1H3,(H,24,26). The van der Waals surface area contributed by atoms with Gasteiger partial charge in [0.1, 0.15) is 12.4 Å². The molecular weight excluding hydrogens is 424 g/mol. The first-order chi connectivity index (χ1) is 14.3. The van der Waals surface area contributed by atoms with Crippen molar-refractivity contribution >= 4 is 27.5 Å². The molecule has 2 aromatic carbocycles. The lowest BCUT2D eigenvalue weighted by Gasteiger charge is -2.30. The molecule has 162 valence electrons. The predicted molar refractivity (Wildman–Crippen MR) is 118 cm³/mol. The van der Waals surface area contributed by atoms with E-state index in [1.807, 2.05) is 31.2 Å². The molecule has 30 heavy (non-hydrogen) atoms. The molecule has 0 atom stereocenters. The zero-order chi connectivity index (χ0) is 21.6. The van der Waals surface area contributed by atoms with E-state index in [0.717, 1.165) is 11.1 Å². The molecule has 1 heterocycles. The number of carbonyl (C=O) groups is 1. The van der Waals surface area contributed by atoms with Crippen LogP contribution in [-0.2, 0) is 20.6 Å². The molecule has 0 saturated carbocycles. The summed E-state index contributed by atoms with van der Waals surface area (Å²) in [6, 6.07) is 14.6. The van der Waals surface area contributed by atoms with Crippen molar-refractivity contribution in [2.75, 3.05) is 26.2 Å². The Labute approximate surface area is 183 Å². The zero-order valence-electron chi connectivity index (χ0n) is 17.0. The average Bonchev–Trinajstić information content (AvgIpc) is 2.72. The monoisotopic (exact) mass is 450 g/mol. The number of carbonyl (C=O) groups excluding carboxylic acids is 1. The molecule has 1 aliphatic heterocycles. The summed E-state index contributed by atoms with van der Waals surface area (Å²) in [4.78, 5) is 12.4. The Bertz CT molecular complexity index is 955. The van der Waals surface area contributed by atoms with Gasteiger partial charge in [-0.15, -0.1) is 0 Å². The highest BCUT2D eigenvalue weighted by Gasteiger charge is 2.31. The lowest BCUT2D eigenvalue weighted by molar-refractivity contribution is -0.126. The molecule has 0 unspecified atom stereocenters. The Balaban J connectivity index is 1.40. The number of benzene rings is 2. The quantitative estimate of drug-likeness (QED) is 0.625. The van der Waals surface area contributed by atoms with Crippen molar-refractivity contribution in [3.8, 4) is 5.75 Å². The molecular formula is C22H27ClN2O4S. The Morgan fingerprint density at radius 2 is 1.87 bits per heavy atom. The van der Waals surface area contributed by atoms with Crippen LogP contribution in [0.2, 0.25) is 5.02 Å². The summed E-state index contributed by atoms with van der Waals surface area (Å²) in [5.74, 6) is 0.463. The van der Waals surface area contributed by atoms with Crippen molar-refractivity contribution < 1.29 is 17.9 Å². The maximum absolute atomic E-state index is 12.7. The minimum Gasteiger partial charge on any atom is -0.492 e. The Morgan fingerprint density at radius 1 is 1.17 bits per heavy atom. The van der Waals surface area contributed by atoms with Crippen LogP contribution in [0.1, 0.15) is 24.0 Å². The van der Waals surface area contributed by atoms with E-state index < -0.39 is 10.0 Å². The molecule has 1 aliphatic rings. The highest BCUT2D eigenvalue weighted by Crippen LogP contribution is 2.22. The fourth-order valence-corrected chi connectivity index (χ4v) is 5.19. The van der Waals surface area contributed by atoms with Crippen LogP contribution in [0.3, 0.4) is 0 Å². The van der Waals surface area contributed by atoms with Crippen LogP contribution in [0.15, 0.2) is 48.5 Å². The van der Waals surface area contributed by atoms with E-state index in [1.54, 1.807) is 24.3 Å². The second kappa shape index (κ2) is 10.3. The number of ether oxygens (including phenoxy) is 1. The maximum atomic E-state index is 12.7. The molecule has 1 fully saturated rings. The first kappa shape index (κ1) is 22.6. The third-order valence-electron chi connectivity index (χ3n) is 5.13. The lowest BCUT2D eigenvalue weighted by Crippen LogP contribution is -2.43. The van der Waals surface area contributed by atoms with E-state index in [9.17, 15) is 13.2 Å². The molecule has 0 radical (unpaired) electrons. The summed E-state index contributed by atoms with van der Waals surface area (Å²) in [6.45, 7) is 3.44. The van der Waals surface area contributed by atoms with Gasteiger partial charge in [0.05, 0.1) is 12.3 Å². The molecule has 1 saturated heterocycles. The van der Waals surface area contributed by atoms with Gasteiger partial charge < -0.3 is 10.1 Å². The fourth-order valence-electron chi connectivity index (χ4n) is 3.52.